The highest BCUT2D eigenvalue weighted by atomic mass is 15.0. The van der Waals surface area contributed by atoms with Crippen molar-refractivity contribution >= 4 is 83.1 Å². The van der Waals surface area contributed by atoms with Gasteiger partial charge in [-0.3, -0.25) is 0 Å². The smallest absolute Gasteiger partial charge is 0.0541 e. The van der Waals surface area contributed by atoms with E-state index >= 15 is 0 Å². The highest BCUT2D eigenvalue weighted by Crippen LogP contribution is 2.47. The Hall–Kier alpha value is -11.9. The minimum Gasteiger partial charge on any atom is -0.309 e. The lowest BCUT2D eigenvalue weighted by Gasteiger charge is -2.20. The predicted molar refractivity (Wildman–Crippen MR) is 405 cm³/mol. The maximum atomic E-state index is 3.45. The topological polar surface area (TPSA) is 4.93 Å². The van der Waals surface area contributed by atoms with Crippen LogP contribution in [-0.2, 0) is 0 Å². The van der Waals surface area contributed by atoms with Crippen LogP contribution in [0.2, 0.25) is 0 Å². The van der Waals surface area contributed by atoms with Crippen LogP contribution in [0.15, 0.2) is 321 Å². The largest absolute Gasteiger partial charge is 0.309 e. The minimum atomic E-state index is 0.254. The zero-order valence-electron chi connectivity index (χ0n) is 52.8. The molecule has 0 spiro atoms. The molecule has 16 aromatic rings. The van der Waals surface area contributed by atoms with E-state index in [0.29, 0.717) is 0 Å². The number of nitrogens with zero attached hydrogens (tertiary/aromatic N) is 1. The van der Waals surface area contributed by atoms with E-state index < -0.39 is 0 Å². The molecule has 17 rings (SSSR count). The molecule has 442 valence electrons. The van der Waals surface area contributed by atoms with Crippen LogP contribution in [-0.4, -0.2) is 4.57 Å². The second-order valence-electron chi connectivity index (χ2n) is 25.1. The average molecular weight is 1200 g/mol. The van der Waals surface area contributed by atoms with Crippen LogP contribution >= 0.6 is 0 Å². The number of fused-ring (bicyclic) bond motifs is 9. The Bertz CT molecular complexity index is 5750. The van der Waals surface area contributed by atoms with Gasteiger partial charge in [-0.15, -0.1) is 5.73 Å². The van der Waals surface area contributed by atoms with Gasteiger partial charge in [-0.05, 0) is 247 Å². The Labute approximate surface area is 549 Å². The van der Waals surface area contributed by atoms with E-state index in [1.165, 1.54) is 143 Å². The van der Waals surface area contributed by atoms with Gasteiger partial charge in [0.2, 0.25) is 0 Å². The first-order chi connectivity index (χ1) is 46.4. The fourth-order valence-corrected chi connectivity index (χ4v) is 15.2. The third-order valence-electron chi connectivity index (χ3n) is 19.6. The van der Waals surface area contributed by atoms with E-state index in [1.807, 2.05) is 0 Å². The van der Waals surface area contributed by atoms with E-state index in [-0.39, 0.29) is 5.92 Å². The molecule has 0 saturated heterocycles. The first-order valence-corrected chi connectivity index (χ1v) is 32.8. The highest BCUT2D eigenvalue weighted by molar-refractivity contribution is 6.14. The van der Waals surface area contributed by atoms with Crippen molar-refractivity contribution in [2.24, 2.45) is 0 Å². The van der Waals surface area contributed by atoms with E-state index in [2.05, 4.69) is 365 Å². The van der Waals surface area contributed by atoms with Gasteiger partial charge >= 0.3 is 0 Å². The molecule has 0 aliphatic heterocycles. The van der Waals surface area contributed by atoms with Gasteiger partial charge in [0.25, 0.3) is 0 Å². The number of hydrogen-bond acceptors (Lipinski definition) is 0. The van der Waals surface area contributed by atoms with Gasteiger partial charge in [0.05, 0.1) is 11.0 Å². The van der Waals surface area contributed by atoms with Crippen molar-refractivity contribution in [2.75, 3.05) is 0 Å². The summed E-state index contributed by atoms with van der Waals surface area (Å²) in [5.41, 5.74) is 30.8. The number of aromatic nitrogens is 1. The molecule has 1 heterocycles. The molecular weight excluding hydrogens is 1130 g/mol. The average Bonchev–Trinajstić information content (AvgIpc) is 1.53. The molecule has 1 aliphatic carbocycles. The zero-order chi connectivity index (χ0) is 62.8. The SMILES string of the molecule is C/C=C\c1cc(-c2ccc(-c3ccc4c(c3)c3cc(-c5ccc(-c6cc7c(c8ccccc68)C=C=CC7C)cc5-c5ccccc5)ccc3n4-c3cc(-c4cccc5ccccc45)cc(-c4cccc5ccccc45)c3)c(-c3ccccc3)c2)c2ccccc2c1/C=C\C. The Kier molecular flexibility index (Phi) is 14.0. The van der Waals surface area contributed by atoms with Crippen molar-refractivity contribution in [1.82, 2.24) is 4.57 Å². The summed E-state index contributed by atoms with van der Waals surface area (Å²) < 4.78 is 2.53. The van der Waals surface area contributed by atoms with Crippen molar-refractivity contribution in [3.05, 3.63) is 343 Å². The van der Waals surface area contributed by atoms with E-state index in [1.54, 1.807) is 0 Å². The summed E-state index contributed by atoms with van der Waals surface area (Å²) in [5, 5.41) is 12.2. The zero-order valence-corrected chi connectivity index (χ0v) is 52.8. The number of rotatable bonds is 11. The molecule has 0 radical (unpaired) electrons. The fourth-order valence-electron chi connectivity index (χ4n) is 15.2. The molecule has 0 bridgehead atoms. The predicted octanol–water partition coefficient (Wildman–Crippen LogP) is 26.1. The summed E-state index contributed by atoms with van der Waals surface area (Å²) >= 11 is 0. The molecule has 0 amide bonds. The van der Waals surface area contributed by atoms with Crippen molar-refractivity contribution < 1.29 is 0 Å². The van der Waals surface area contributed by atoms with E-state index in [4.69, 9.17) is 0 Å². The molecule has 1 atom stereocenters. The highest BCUT2D eigenvalue weighted by Gasteiger charge is 2.23. The van der Waals surface area contributed by atoms with Gasteiger partial charge in [0.1, 0.15) is 0 Å². The third kappa shape index (κ3) is 9.64. The lowest BCUT2D eigenvalue weighted by Crippen LogP contribution is -1.99. The molecule has 1 nitrogen and oxygen atoms in total. The first kappa shape index (κ1) is 56.1. The van der Waals surface area contributed by atoms with E-state index in [0.717, 1.165) is 39.0 Å². The lowest BCUT2D eigenvalue weighted by molar-refractivity contribution is 0.964. The standard InChI is InChI=1S/C93H65N/c1-4-23-65-54-88(83-38-18-16-36-80(83)73(65)24-5-2)68-43-47-78(86(55-68)63-26-8-6-9-27-63)66-45-49-92-90(57-66)91-58-67(79-48-44-69(56-87(79)64-28-10-7-11-29-64)89-59-85-60(3)25-20-42-82(85)81-37-17-19-39-84(81)89)46-50-93(91)94(92)72-52-70(76-40-21-32-61-30-12-14-34-74(61)76)51-71(53-72)77-41-22-33-62-31-13-15-35-75(62)77/h4-19,21-60H,1-3H3/b23-4-,24-5-. The summed E-state index contributed by atoms with van der Waals surface area (Å²) in [6.07, 6.45) is 13.1. The maximum absolute atomic E-state index is 3.45. The lowest BCUT2D eigenvalue weighted by atomic mass is 9.83. The van der Waals surface area contributed by atoms with Gasteiger partial charge < -0.3 is 4.57 Å². The van der Waals surface area contributed by atoms with E-state index in [9.17, 15) is 0 Å². The quantitative estimate of drug-likeness (QED) is 0.114. The molecule has 1 aliphatic rings. The summed E-state index contributed by atoms with van der Waals surface area (Å²) in [6, 6.07) is 111. The molecular formula is C93H65N. The van der Waals surface area contributed by atoms with Crippen molar-refractivity contribution in [1.29, 1.82) is 0 Å². The van der Waals surface area contributed by atoms with Crippen molar-refractivity contribution in [3.63, 3.8) is 0 Å². The van der Waals surface area contributed by atoms with Gasteiger partial charge in [0.15, 0.2) is 0 Å². The van der Waals surface area contributed by atoms with Crippen LogP contribution in [0.1, 0.15) is 48.9 Å². The van der Waals surface area contributed by atoms with Crippen LogP contribution in [0.5, 0.6) is 0 Å². The van der Waals surface area contributed by atoms with Crippen molar-refractivity contribution in [2.45, 2.75) is 26.7 Å². The van der Waals surface area contributed by atoms with Crippen LogP contribution in [0, 0.1) is 0 Å². The van der Waals surface area contributed by atoms with Crippen LogP contribution in [0.25, 0.3) is 178 Å². The minimum absolute atomic E-state index is 0.254. The number of benzene rings is 15. The van der Waals surface area contributed by atoms with Gasteiger partial charge in [-0.2, -0.15) is 0 Å². The Morgan fingerprint density at radius 3 is 1.32 bits per heavy atom. The summed E-state index contributed by atoms with van der Waals surface area (Å²) in [7, 11) is 0. The van der Waals surface area contributed by atoms with Gasteiger partial charge in [0, 0.05) is 22.4 Å². The van der Waals surface area contributed by atoms with Crippen molar-refractivity contribution in [3.8, 4) is 94.7 Å². The molecule has 0 fully saturated rings. The van der Waals surface area contributed by atoms with Crippen LogP contribution < -0.4 is 0 Å². The second kappa shape index (κ2) is 23.4. The maximum Gasteiger partial charge on any atom is 0.0541 e. The summed E-state index contributed by atoms with van der Waals surface area (Å²) in [4.78, 5) is 0. The molecule has 0 saturated carbocycles. The van der Waals surface area contributed by atoms with Crippen LogP contribution in [0.4, 0.5) is 0 Å². The molecule has 1 heteroatoms. The first-order valence-electron chi connectivity index (χ1n) is 32.8. The molecule has 1 unspecified atom stereocenters. The monoisotopic (exact) mass is 1200 g/mol. The molecule has 0 N–H and O–H groups in total. The molecule has 1 aromatic heterocycles. The summed E-state index contributed by atoms with van der Waals surface area (Å²) in [6.45, 7) is 6.49. The second-order valence-corrected chi connectivity index (χ2v) is 25.1. The van der Waals surface area contributed by atoms with Gasteiger partial charge in [-0.25, -0.2) is 0 Å². The fraction of sp³-hybridized carbons (Fsp3) is 0.0430. The Morgan fingerprint density at radius 2 is 0.766 bits per heavy atom. The third-order valence-corrected chi connectivity index (χ3v) is 19.6. The molecule has 94 heavy (non-hydrogen) atoms. The Morgan fingerprint density at radius 1 is 0.309 bits per heavy atom. The van der Waals surface area contributed by atoms with Crippen LogP contribution in [0.3, 0.4) is 0 Å². The summed E-state index contributed by atoms with van der Waals surface area (Å²) in [5.74, 6) is 0.254. The molecule has 15 aromatic carbocycles. The number of hydrogen-bond donors (Lipinski definition) is 0. The van der Waals surface area contributed by atoms with Gasteiger partial charge in [-0.1, -0.05) is 262 Å². The Balaban J connectivity index is 0.916. The normalized spacial score (nSPS) is 13.0. The number of allylic oxidation sites excluding steroid dienone is 3.